The first-order valence-corrected chi connectivity index (χ1v) is 6.50. The molecule has 0 atom stereocenters. The summed E-state index contributed by atoms with van der Waals surface area (Å²) in [5.41, 5.74) is 1.67. The summed E-state index contributed by atoms with van der Waals surface area (Å²) in [7, 11) is 2.92. The second-order valence-corrected chi connectivity index (χ2v) is 4.55. The highest BCUT2D eigenvalue weighted by atomic mass is 16.6. The van der Waals surface area contributed by atoms with Crippen LogP contribution in [0.1, 0.15) is 0 Å². The Morgan fingerprint density at radius 3 is 2.55 bits per heavy atom. The van der Waals surface area contributed by atoms with Crippen molar-refractivity contribution >= 4 is 16.7 Å². The summed E-state index contributed by atoms with van der Waals surface area (Å²) in [5, 5.41) is 11.3. The van der Waals surface area contributed by atoms with Crippen molar-refractivity contribution in [2.45, 2.75) is 0 Å². The van der Waals surface area contributed by atoms with Crippen LogP contribution in [-0.4, -0.2) is 29.1 Å². The van der Waals surface area contributed by atoms with Gasteiger partial charge in [-0.1, -0.05) is 12.1 Å². The highest BCUT2D eigenvalue weighted by Gasteiger charge is 2.26. The fourth-order valence-electron chi connectivity index (χ4n) is 2.37. The normalized spacial score (nSPS) is 10.6. The average Bonchev–Trinajstić information content (AvgIpc) is 2.96. The van der Waals surface area contributed by atoms with E-state index in [0.717, 1.165) is 11.0 Å². The lowest BCUT2D eigenvalue weighted by atomic mass is 10.1. The van der Waals surface area contributed by atoms with E-state index in [4.69, 9.17) is 9.47 Å². The zero-order valence-electron chi connectivity index (χ0n) is 12.0. The maximum atomic E-state index is 11.3. The molecule has 0 aliphatic rings. The molecule has 112 valence electrons. The zero-order chi connectivity index (χ0) is 15.7. The van der Waals surface area contributed by atoms with Crippen LogP contribution in [0.5, 0.6) is 11.5 Å². The fourth-order valence-corrected chi connectivity index (χ4v) is 2.37. The average molecular weight is 299 g/mol. The minimum Gasteiger partial charge on any atom is -0.493 e. The lowest BCUT2D eigenvalue weighted by Gasteiger charge is -2.11. The molecule has 0 unspecified atom stereocenters. The van der Waals surface area contributed by atoms with Gasteiger partial charge in [0.1, 0.15) is 11.4 Å². The van der Waals surface area contributed by atoms with Crippen molar-refractivity contribution < 1.29 is 14.4 Å². The molecular weight excluding hydrogens is 286 g/mol. The first kappa shape index (κ1) is 13.9. The number of nitrogens with zero attached hydrogens (tertiary/aromatic N) is 2. The van der Waals surface area contributed by atoms with Gasteiger partial charge in [-0.05, 0) is 18.2 Å². The highest BCUT2D eigenvalue weighted by molar-refractivity contribution is 5.85. The topological polar surface area (TPSA) is 90.3 Å². The largest absolute Gasteiger partial charge is 0.493 e. The fraction of sp³-hybridized carbons (Fsp3) is 0.133. The van der Waals surface area contributed by atoms with E-state index in [1.807, 2.05) is 24.3 Å². The number of H-pyrrole nitrogens is 1. The maximum absolute atomic E-state index is 11.3. The van der Waals surface area contributed by atoms with Crippen molar-refractivity contribution in [1.29, 1.82) is 0 Å². The third-order valence-corrected chi connectivity index (χ3v) is 3.35. The smallest absolute Gasteiger partial charge is 0.284 e. The molecule has 22 heavy (non-hydrogen) atoms. The van der Waals surface area contributed by atoms with E-state index in [2.05, 4.69) is 9.97 Å². The van der Waals surface area contributed by atoms with Gasteiger partial charge in [0.05, 0.1) is 30.2 Å². The van der Waals surface area contributed by atoms with Crippen molar-refractivity contribution in [3.63, 3.8) is 0 Å². The van der Waals surface area contributed by atoms with E-state index in [9.17, 15) is 10.1 Å². The molecule has 3 rings (SSSR count). The minimum atomic E-state index is -0.468. The summed E-state index contributed by atoms with van der Waals surface area (Å²) in [4.78, 5) is 18.4. The third-order valence-electron chi connectivity index (χ3n) is 3.35. The van der Waals surface area contributed by atoms with Crippen LogP contribution in [0, 0.1) is 10.1 Å². The van der Waals surface area contributed by atoms with Crippen LogP contribution >= 0.6 is 0 Å². The maximum Gasteiger partial charge on any atom is 0.284 e. The van der Waals surface area contributed by atoms with Gasteiger partial charge in [-0.25, -0.2) is 4.98 Å². The Morgan fingerprint density at radius 2 is 1.91 bits per heavy atom. The third kappa shape index (κ3) is 2.12. The monoisotopic (exact) mass is 299 g/mol. The molecule has 3 aromatic rings. The van der Waals surface area contributed by atoms with Gasteiger partial charge in [0.25, 0.3) is 5.69 Å². The van der Waals surface area contributed by atoms with Gasteiger partial charge in [-0.15, -0.1) is 0 Å². The number of imidazole rings is 1. The molecule has 0 spiro atoms. The highest BCUT2D eigenvalue weighted by Crippen LogP contribution is 2.43. The molecule has 0 bridgehead atoms. The van der Waals surface area contributed by atoms with Gasteiger partial charge < -0.3 is 14.5 Å². The van der Waals surface area contributed by atoms with Crippen LogP contribution in [-0.2, 0) is 0 Å². The number of aromatic nitrogens is 2. The number of nitro benzene ring substituents is 1. The summed E-state index contributed by atoms with van der Waals surface area (Å²) in [5.74, 6) is 1.04. The molecule has 0 amide bonds. The second kappa shape index (κ2) is 5.36. The summed E-state index contributed by atoms with van der Waals surface area (Å²) in [6.45, 7) is 0. The quantitative estimate of drug-likeness (QED) is 0.590. The molecule has 2 aromatic carbocycles. The molecule has 0 saturated heterocycles. The van der Waals surface area contributed by atoms with Crippen molar-refractivity contribution in [2.75, 3.05) is 14.2 Å². The van der Waals surface area contributed by atoms with Crippen LogP contribution < -0.4 is 9.47 Å². The number of methoxy groups -OCH3 is 2. The lowest BCUT2D eigenvalue weighted by Crippen LogP contribution is -1.99. The van der Waals surface area contributed by atoms with Crippen molar-refractivity contribution in [1.82, 2.24) is 9.97 Å². The Labute approximate surface area is 125 Å². The van der Waals surface area contributed by atoms with Crippen LogP contribution in [0.15, 0.2) is 36.4 Å². The number of ether oxygens (including phenoxy) is 2. The van der Waals surface area contributed by atoms with Crippen LogP contribution in [0.2, 0.25) is 0 Å². The Morgan fingerprint density at radius 1 is 1.14 bits per heavy atom. The molecule has 0 radical (unpaired) electrons. The first-order chi connectivity index (χ1) is 10.7. The standard InChI is InChI=1S/C15H13N3O4/c1-21-12-8-7-11(18(19)20)13(14(12)22-2)15-16-9-5-3-4-6-10(9)17-15/h3-8H,1-2H3,(H,16,17). The predicted molar refractivity (Wildman–Crippen MR) is 81.3 cm³/mol. The van der Waals surface area contributed by atoms with Crippen LogP contribution in [0.4, 0.5) is 5.69 Å². The molecule has 0 saturated carbocycles. The number of nitrogens with one attached hydrogen (secondary N) is 1. The van der Waals surface area contributed by atoms with Crippen molar-refractivity contribution in [3.05, 3.63) is 46.5 Å². The second-order valence-electron chi connectivity index (χ2n) is 4.55. The van der Waals surface area contributed by atoms with E-state index in [1.165, 1.54) is 26.4 Å². The number of benzene rings is 2. The van der Waals surface area contributed by atoms with Crippen LogP contribution in [0.3, 0.4) is 0 Å². The number of para-hydroxylation sites is 2. The van der Waals surface area contributed by atoms with E-state index in [-0.39, 0.29) is 17.0 Å². The number of hydrogen-bond acceptors (Lipinski definition) is 5. The summed E-state index contributed by atoms with van der Waals surface area (Å²) >= 11 is 0. The lowest BCUT2D eigenvalue weighted by molar-refractivity contribution is -0.384. The van der Waals surface area contributed by atoms with E-state index in [1.54, 1.807) is 0 Å². The number of aromatic amines is 1. The first-order valence-electron chi connectivity index (χ1n) is 6.50. The van der Waals surface area contributed by atoms with E-state index >= 15 is 0 Å². The molecule has 1 aromatic heterocycles. The van der Waals surface area contributed by atoms with Gasteiger partial charge in [0.15, 0.2) is 11.5 Å². The minimum absolute atomic E-state index is 0.100. The predicted octanol–water partition coefficient (Wildman–Crippen LogP) is 3.16. The van der Waals surface area contributed by atoms with Gasteiger partial charge in [0, 0.05) is 6.07 Å². The Bertz CT molecular complexity index is 824. The molecular formula is C15H13N3O4. The number of nitro groups is 1. The van der Waals surface area contributed by atoms with Crippen LogP contribution in [0.25, 0.3) is 22.4 Å². The Kier molecular flexibility index (Phi) is 3.38. The number of fused-ring (bicyclic) bond motifs is 1. The SMILES string of the molecule is COc1ccc([N+](=O)[O-])c(-c2nc3ccccc3[nH]2)c1OC. The van der Waals surface area contributed by atoms with Gasteiger partial charge in [0.2, 0.25) is 0 Å². The number of hydrogen-bond donors (Lipinski definition) is 1. The zero-order valence-corrected chi connectivity index (χ0v) is 12.0. The van der Waals surface area contributed by atoms with Gasteiger partial charge in [-0.3, -0.25) is 10.1 Å². The Balaban J connectivity index is 2.33. The van der Waals surface area contributed by atoms with Gasteiger partial charge in [-0.2, -0.15) is 0 Å². The molecule has 1 N–H and O–H groups in total. The van der Waals surface area contributed by atoms with Crippen molar-refractivity contribution in [3.8, 4) is 22.9 Å². The number of rotatable bonds is 4. The van der Waals surface area contributed by atoms with Crippen molar-refractivity contribution in [2.24, 2.45) is 0 Å². The van der Waals surface area contributed by atoms with Gasteiger partial charge >= 0.3 is 0 Å². The van der Waals surface area contributed by atoms with E-state index in [0.29, 0.717) is 11.6 Å². The molecule has 7 heteroatoms. The summed E-state index contributed by atoms with van der Waals surface area (Å²) in [6.07, 6.45) is 0. The summed E-state index contributed by atoms with van der Waals surface area (Å²) < 4.78 is 10.5. The molecule has 0 aliphatic carbocycles. The Hall–Kier alpha value is -3.09. The molecule has 7 nitrogen and oxygen atoms in total. The molecule has 0 fully saturated rings. The molecule has 1 heterocycles. The summed E-state index contributed by atoms with van der Waals surface area (Å²) in [6, 6.07) is 10.3. The molecule has 0 aliphatic heterocycles. The van der Waals surface area contributed by atoms with E-state index < -0.39 is 4.92 Å².